The van der Waals surface area contributed by atoms with Gasteiger partial charge in [-0.3, -0.25) is 0 Å². The summed E-state index contributed by atoms with van der Waals surface area (Å²) in [5.74, 6) is 0. The topological polar surface area (TPSA) is 18.5 Å². The Kier molecular flexibility index (Phi) is 18.7. The number of hydrogen-bond acceptors (Lipinski definition) is 5. The van der Waals surface area contributed by atoms with Crippen LogP contribution in [0, 0.1) is 0 Å². The van der Waals surface area contributed by atoms with Gasteiger partial charge < -0.3 is 11.2 Å². The fourth-order valence-electron chi connectivity index (χ4n) is 1.44. The van der Waals surface area contributed by atoms with Gasteiger partial charge in [-0.2, -0.15) is 11.3 Å². The van der Waals surface area contributed by atoms with E-state index in [0.29, 0.717) is 13.2 Å². The fraction of sp³-hybridized carbons (Fsp3) is 0.600. The first kappa shape index (κ1) is 21.6. The smallest absolute Gasteiger partial charge is 1.00 e. The van der Waals surface area contributed by atoms with Gasteiger partial charge in [-0.15, -0.1) is 0 Å². The molecule has 2 nitrogen and oxygen atoms in total. The normalized spacial score (nSPS) is 9.53. The van der Waals surface area contributed by atoms with Gasteiger partial charge in [0.15, 0.2) is 0 Å². The first-order valence-electron chi connectivity index (χ1n) is 4.95. The summed E-state index contributed by atoms with van der Waals surface area (Å²) < 4.78 is 9.49. The van der Waals surface area contributed by atoms with Crippen molar-refractivity contribution in [3.05, 3.63) is 21.9 Å². The average molecular weight is 312 g/mol. The summed E-state index contributed by atoms with van der Waals surface area (Å²) in [6.45, 7) is 1.41. The molecular formula is C10H18Na2O2S3. The van der Waals surface area contributed by atoms with E-state index >= 15 is 0 Å². The maximum absolute atomic E-state index is 4.75. The van der Waals surface area contributed by atoms with Gasteiger partial charge in [-0.05, 0) is 73.4 Å². The Morgan fingerprint density at radius 3 is 1.71 bits per heavy atom. The van der Waals surface area contributed by atoms with Crippen LogP contribution in [0.3, 0.4) is 0 Å². The Hall–Kier alpha value is 2.32. The molecule has 0 aromatic carbocycles. The zero-order valence-electron chi connectivity index (χ0n) is 12.5. The van der Waals surface area contributed by atoms with Gasteiger partial charge in [-0.1, -0.05) is 0 Å². The standard InChI is InChI=1S/C10H16O2S3.2Na.2H/c13-11-5-1-3-9-7-15-8-10(9)4-2-6-12-14;;;;/h7-8,13-14H,1-6H2;;;;/q;2*+1;2*-1. The van der Waals surface area contributed by atoms with Crippen molar-refractivity contribution in [1.29, 1.82) is 0 Å². The van der Waals surface area contributed by atoms with Gasteiger partial charge in [0.1, 0.15) is 0 Å². The molecule has 0 bridgehead atoms. The molecule has 1 aromatic heterocycles. The maximum Gasteiger partial charge on any atom is 1.00 e. The van der Waals surface area contributed by atoms with Crippen molar-refractivity contribution in [1.82, 2.24) is 0 Å². The van der Waals surface area contributed by atoms with Crippen molar-refractivity contribution in [2.24, 2.45) is 0 Å². The molecular weight excluding hydrogens is 294 g/mol. The molecule has 0 radical (unpaired) electrons. The molecule has 1 rings (SSSR count). The van der Waals surface area contributed by atoms with Crippen molar-refractivity contribution in [3.8, 4) is 0 Å². The Morgan fingerprint density at radius 1 is 0.941 bits per heavy atom. The van der Waals surface area contributed by atoms with Crippen LogP contribution in [0.2, 0.25) is 0 Å². The minimum atomic E-state index is 0. The SMILES string of the molecule is SOCCCc1cscc1CCCOS.[H-].[H-].[Na+].[Na+]. The largest absolute Gasteiger partial charge is 1.00 e. The minimum Gasteiger partial charge on any atom is -1.00 e. The molecule has 0 atom stereocenters. The summed E-state index contributed by atoms with van der Waals surface area (Å²) in [6.07, 6.45) is 4.19. The molecule has 0 saturated carbocycles. The zero-order chi connectivity index (χ0) is 10.9. The van der Waals surface area contributed by atoms with Crippen LogP contribution in [0.1, 0.15) is 26.8 Å². The quantitative estimate of drug-likeness (QED) is 0.241. The van der Waals surface area contributed by atoms with E-state index in [9.17, 15) is 0 Å². The molecule has 0 aliphatic carbocycles. The Labute approximate surface area is 166 Å². The molecule has 0 unspecified atom stereocenters. The maximum atomic E-state index is 4.75. The Bertz CT molecular complexity index is 257. The van der Waals surface area contributed by atoms with Crippen molar-refractivity contribution in [2.75, 3.05) is 13.2 Å². The Balaban J connectivity index is -0.000000281. The number of rotatable bonds is 8. The van der Waals surface area contributed by atoms with Crippen LogP contribution >= 0.6 is 37.2 Å². The van der Waals surface area contributed by atoms with E-state index in [0.717, 1.165) is 25.7 Å². The minimum absolute atomic E-state index is 0. The average Bonchev–Trinajstić information content (AvgIpc) is 2.67. The Morgan fingerprint density at radius 2 is 1.35 bits per heavy atom. The molecule has 7 heteroatoms. The summed E-state index contributed by atoms with van der Waals surface area (Å²) in [6, 6.07) is 0. The molecule has 90 valence electrons. The van der Waals surface area contributed by atoms with Crippen LogP contribution in [0.4, 0.5) is 0 Å². The number of hydrogen-bond donors (Lipinski definition) is 2. The predicted molar refractivity (Wildman–Crippen MR) is 73.1 cm³/mol. The van der Waals surface area contributed by atoms with Crippen LogP contribution < -0.4 is 59.1 Å². The summed E-state index contributed by atoms with van der Waals surface area (Å²) in [5, 5.41) is 4.44. The van der Waals surface area contributed by atoms with E-state index in [2.05, 4.69) is 36.6 Å². The van der Waals surface area contributed by atoms with E-state index in [1.54, 1.807) is 11.3 Å². The van der Waals surface area contributed by atoms with E-state index in [-0.39, 0.29) is 62.0 Å². The van der Waals surface area contributed by atoms with Crippen molar-refractivity contribution in [3.63, 3.8) is 0 Å². The van der Waals surface area contributed by atoms with Gasteiger partial charge in [0.25, 0.3) is 0 Å². The predicted octanol–water partition coefficient (Wildman–Crippen LogP) is -2.43. The second kappa shape index (κ2) is 14.7. The molecule has 0 fully saturated rings. The van der Waals surface area contributed by atoms with Gasteiger partial charge in [0.05, 0.1) is 13.2 Å². The van der Waals surface area contributed by atoms with Gasteiger partial charge in [-0.25, -0.2) is 0 Å². The van der Waals surface area contributed by atoms with E-state index in [1.165, 1.54) is 11.1 Å². The van der Waals surface area contributed by atoms with E-state index in [4.69, 9.17) is 8.37 Å². The van der Waals surface area contributed by atoms with Crippen molar-refractivity contribution in [2.45, 2.75) is 25.7 Å². The van der Waals surface area contributed by atoms with Gasteiger partial charge in [0.2, 0.25) is 0 Å². The zero-order valence-corrected chi connectivity index (χ0v) is 17.1. The molecule has 1 heterocycles. The molecule has 0 aliphatic heterocycles. The first-order valence-corrected chi connectivity index (χ1v) is 6.62. The van der Waals surface area contributed by atoms with E-state index < -0.39 is 0 Å². The van der Waals surface area contributed by atoms with Crippen molar-refractivity contribution >= 4 is 37.2 Å². The molecule has 0 aliphatic rings. The van der Waals surface area contributed by atoms with Crippen LogP contribution in [0.5, 0.6) is 0 Å². The van der Waals surface area contributed by atoms with Gasteiger partial charge >= 0.3 is 59.1 Å². The second-order valence-corrected chi connectivity index (χ2v) is 4.56. The first-order chi connectivity index (χ1) is 7.38. The van der Waals surface area contributed by atoms with Crippen LogP contribution in [-0.4, -0.2) is 13.2 Å². The summed E-state index contributed by atoms with van der Waals surface area (Å²) in [7, 11) is 0. The molecule has 1 aromatic rings. The molecule has 0 amide bonds. The summed E-state index contributed by atoms with van der Waals surface area (Å²) >= 11 is 9.21. The monoisotopic (exact) mass is 312 g/mol. The third-order valence-corrected chi connectivity index (χ3v) is 3.40. The summed E-state index contributed by atoms with van der Waals surface area (Å²) in [4.78, 5) is 0. The van der Waals surface area contributed by atoms with Crippen LogP contribution in [0.15, 0.2) is 10.8 Å². The molecule has 0 spiro atoms. The molecule has 0 saturated heterocycles. The third kappa shape index (κ3) is 9.79. The van der Waals surface area contributed by atoms with Crippen molar-refractivity contribution < 1.29 is 70.3 Å². The third-order valence-electron chi connectivity index (χ3n) is 2.20. The van der Waals surface area contributed by atoms with Gasteiger partial charge in [0, 0.05) is 0 Å². The van der Waals surface area contributed by atoms with E-state index in [1.807, 2.05) is 0 Å². The number of aryl methyl sites for hydroxylation is 2. The number of thiophene rings is 1. The second-order valence-electron chi connectivity index (χ2n) is 3.30. The van der Waals surface area contributed by atoms with Crippen LogP contribution in [0.25, 0.3) is 0 Å². The van der Waals surface area contributed by atoms with Crippen LogP contribution in [-0.2, 0) is 21.2 Å². The fourth-order valence-corrected chi connectivity index (χ4v) is 2.64. The molecule has 17 heavy (non-hydrogen) atoms. The number of thiol groups is 2. The summed E-state index contributed by atoms with van der Waals surface area (Å²) in [5.41, 5.74) is 2.87. The molecule has 0 N–H and O–H groups in total.